The summed E-state index contributed by atoms with van der Waals surface area (Å²) >= 11 is 0. The normalized spacial score (nSPS) is 10.9. The topological polar surface area (TPSA) is 78.5 Å². The van der Waals surface area contributed by atoms with Gasteiger partial charge in [0.2, 0.25) is 0 Å². The monoisotopic (exact) mass is 358 g/mol. The van der Waals surface area contributed by atoms with Crippen LogP contribution in [0.4, 0.5) is 0 Å². The predicted octanol–water partition coefficient (Wildman–Crippen LogP) is 2.80. The Kier molecular flexibility index (Phi) is 4.12. The second-order valence-electron chi connectivity index (χ2n) is 6.34. The highest BCUT2D eigenvalue weighted by Crippen LogP contribution is 2.20. The van der Waals surface area contributed by atoms with Crippen LogP contribution in [0.3, 0.4) is 0 Å². The number of pyridine rings is 3. The first-order chi connectivity index (χ1) is 13.0. The molecule has 134 valence electrons. The molecule has 0 N–H and O–H groups in total. The van der Waals surface area contributed by atoms with E-state index in [1.165, 1.54) is 0 Å². The average Bonchev–Trinajstić information content (AvgIpc) is 3.13. The molecule has 4 aromatic rings. The van der Waals surface area contributed by atoms with Crippen LogP contribution in [-0.4, -0.2) is 29.3 Å². The number of rotatable bonds is 3. The Morgan fingerprint density at radius 1 is 0.926 bits per heavy atom. The minimum atomic E-state index is -0.0272. The summed E-state index contributed by atoms with van der Waals surface area (Å²) in [5.41, 5.74) is 4.09. The molecule has 0 unspecified atom stereocenters. The zero-order chi connectivity index (χ0) is 19.0. The molecule has 0 aromatic carbocycles. The molecule has 4 rings (SSSR count). The summed E-state index contributed by atoms with van der Waals surface area (Å²) in [4.78, 5) is 25.5. The Hall–Kier alpha value is -3.61. The van der Waals surface area contributed by atoms with Crippen LogP contribution in [0.25, 0.3) is 22.8 Å². The summed E-state index contributed by atoms with van der Waals surface area (Å²) in [5.74, 6) is 1.33. The van der Waals surface area contributed by atoms with Gasteiger partial charge in [-0.05, 0) is 56.7 Å². The Bertz CT molecular complexity index is 1190. The highest BCUT2D eigenvalue weighted by atomic mass is 16.1. The van der Waals surface area contributed by atoms with Gasteiger partial charge in [-0.3, -0.25) is 14.3 Å². The zero-order valence-electron chi connectivity index (χ0n) is 15.3. The maximum absolute atomic E-state index is 12.6. The lowest BCUT2D eigenvalue weighted by molar-refractivity contribution is 0.832. The van der Waals surface area contributed by atoms with Crippen LogP contribution in [-0.2, 0) is 0 Å². The van der Waals surface area contributed by atoms with Gasteiger partial charge in [0, 0.05) is 29.7 Å². The third kappa shape index (κ3) is 3.15. The van der Waals surface area contributed by atoms with Crippen molar-refractivity contribution in [3.8, 4) is 22.8 Å². The van der Waals surface area contributed by atoms with E-state index in [1.807, 2.05) is 51.1 Å². The minimum absolute atomic E-state index is 0.0272. The molecule has 27 heavy (non-hydrogen) atoms. The van der Waals surface area contributed by atoms with E-state index in [4.69, 9.17) is 0 Å². The van der Waals surface area contributed by atoms with Crippen molar-refractivity contribution in [1.29, 1.82) is 0 Å². The van der Waals surface area contributed by atoms with Crippen molar-refractivity contribution in [3.05, 3.63) is 82.6 Å². The van der Waals surface area contributed by atoms with E-state index in [0.29, 0.717) is 11.6 Å². The molecule has 0 aliphatic rings. The van der Waals surface area contributed by atoms with Gasteiger partial charge in [0.15, 0.2) is 5.82 Å². The van der Waals surface area contributed by atoms with Gasteiger partial charge in [-0.2, -0.15) is 5.10 Å². The second kappa shape index (κ2) is 6.60. The Labute approximate surface area is 156 Å². The molecule has 0 radical (unpaired) electrons. The van der Waals surface area contributed by atoms with Crippen molar-refractivity contribution < 1.29 is 0 Å². The summed E-state index contributed by atoms with van der Waals surface area (Å²) < 4.78 is 3.26. The molecule has 0 saturated heterocycles. The number of nitrogens with zero attached hydrogens (tertiary/aromatic N) is 6. The van der Waals surface area contributed by atoms with Crippen molar-refractivity contribution in [3.63, 3.8) is 0 Å². The van der Waals surface area contributed by atoms with Crippen molar-refractivity contribution >= 4 is 0 Å². The fourth-order valence-electron chi connectivity index (χ4n) is 2.82. The van der Waals surface area contributed by atoms with Gasteiger partial charge in [-0.15, -0.1) is 0 Å². The van der Waals surface area contributed by atoms with Gasteiger partial charge in [-0.1, -0.05) is 0 Å². The van der Waals surface area contributed by atoms with Crippen LogP contribution >= 0.6 is 0 Å². The van der Waals surface area contributed by atoms with E-state index in [9.17, 15) is 4.79 Å². The Morgan fingerprint density at radius 2 is 1.74 bits per heavy atom. The highest BCUT2D eigenvalue weighted by molar-refractivity contribution is 5.63. The fraction of sp³-hybridized carbons (Fsp3) is 0.150. The summed E-state index contributed by atoms with van der Waals surface area (Å²) in [6, 6.07) is 9.42. The van der Waals surface area contributed by atoms with Crippen LogP contribution in [0.5, 0.6) is 0 Å². The van der Waals surface area contributed by atoms with Crippen molar-refractivity contribution in [2.24, 2.45) is 0 Å². The summed E-state index contributed by atoms with van der Waals surface area (Å²) in [6.07, 6.45) is 6.82. The van der Waals surface area contributed by atoms with Crippen molar-refractivity contribution in [1.82, 2.24) is 29.3 Å². The van der Waals surface area contributed by atoms with Gasteiger partial charge in [0.25, 0.3) is 5.56 Å². The zero-order valence-corrected chi connectivity index (χ0v) is 15.3. The molecule has 0 fully saturated rings. The second-order valence-corrected chi connectivity index (χ2v) is 6.34. The number of hydrogen-bond acceptors (Lipinski definition) is 5. The molecule has 7 heteroatoms. The molecule has 0 saturated carbocycles. The molecule has 0 aliphatic heterocycles. The van der Waals surface area contributed by atoms with E-state index >= 15 is 0 Å². The molecule has 4 heterocycles. The average molecular weight is 358 g/mol. The maximum Gasteiger partial charge on any atom is 0.258 e. The lowest BCUT2D eigenvalue weighted by atomic mass is 10.1. The van der Waals surface area contributed by atoms with Crippen LogP contribution in [0.15, 0.2) is 60.0 Å². The van der Waals surface area contributed by atoms with Gasteiger partial charge in [0.1, 0.15) is 12.2 Å². The fourth-order valence-corrected chi connectivity index (χ4v) is 2.82. The van der Waals surface area contributed by atoms with Crippen LogP contribution in [0.2, 0.25) is 0 Å². The first-order valence-corrected chi connectivity index (χ1v) is 8.53. The molecule has 0 atom stereocenters. The van der Waals surface area contributed by atoms with E-state index < -0.39 is 0 Å². The summed E-state index contributed by atoms with van der Waals surface area (Å²) in [6.45, 7) is 5.60. The Balaban J connectivity index is 1.78. The van der Waals surface area contributed by atoms with E-state index in [2.05, 4.69) is 20.1 Å². The molecular weight excluding hydrogens is 340 g/mol. The smallest absolute Gasteiger partial charge is 0.258 e. The van der Waals surface area contributed by atoms with Crippen LogP contribution in [0, 0.1) is 20.8 Å². The van der Waals surface area contributed by atoms with Crippen molar-refractivity contribution in [2.45, 2.75) is 20.8 Å². The SMILES string of the molecule is Cc1ncn(-c2cc(-c3cc(-n4ccc(C)c(C)c4=O)ccn3)ccn2)n1. The Morgan fingerprint density at radius 3 is 2.52 bits per heavy atom. The molecule has 4 aromatic heterocycles. The number of aromatic nitrogens is 6. The standard InChI is InChI=1S/C20H18N6O/c1-13-6-9-25(20(27)14(13)2)17-5-8-21-18(11-17)16-4-7-22-19(10-16)26-12-23-15(3)24-26/h4-12H,1-3H3. The van der Waals surface area contributed by atoms with Crippen LogP contribution in [0.1, 0.15) is 17.0 Å². The van der Waals surface area contributed by atoms with Gasteiger partial charge in [0.05, 0.1) is 11.4 Å². The minimum Gasteiger partial charge on any atom is -0.284 e. The highest BCUT2D eigenvalue weighted by Gasteiger charge is 2.09. The first kappa shape index (κ1) is 16.8. The molecule has 7 nitrogen and oxygen atoms in total. The molecular formula is C20H18N6O. The first-order valence-electron chi connectivity index (χ1n) is 8.53. The molecule has 0 spiro atoms. The third-order valence-corrected chi connectivity index (χ3v) is 4.51. The molecule has 0 aliphatic carbocycles. The van der Waals surface area contributed by atoms with E-state index in [0.717, 1.165) is 28.1 Å². The predicted molar refractivity (Wildman–Crippen MR) is 102 cm³/mol. The maximum atomic E-state index is 12.6. The molecule has 0 amide bonds. The van der Waals surface area contributed by atoms with Gasteiger partial charge < -0.3 is 0 Å². The number of hydrogen-bond donors (Lipinski definition) is 0. The van der Waals surface area contributed by atoms with E-state index in [1.54, 1.807) is 34.2 Å². The summed E-state index contributed by atoms with van der Waals surface area (Å²) in [7, 11) is 0. The largest absolute Gasteiger partial charge is 0.284 e. The lowest BCUT2D eigenvalue weighted by Gasteiger charge is -2.10. The van der Waals surface area contributed by atoms with Crippen LogP contribution < -0.4 is 5.56 Å². The van der Waals surface area contributed by atoms with E-state index in [-0.39, 0.29) is 5.56 Å². The van der Waals surface area contributed by atoms with Crippen molar-refractivity contribution in [2.75, 3.05) is 0 Å². The lowest BCUT2D eigenvalue weighted by Crippen LogP contribution is -2.20. The third-order valence-electron chi connectivity index (χ3n) is 4.51. The quantitative estimate of drug-likeness (QED) is 0.563. The van der Waals surface area contributed by atoms with Gasteiger partial charge in [-0.25, -0.2) is 14.6 Å². The summed E-state index contributed by atoms with van der Waals surface area (Å²) in [5, 5.41) is 4.29. The van der Waals surface area contributed by atoms with Gasteiger partial charge >= 0.3 is 0 Å². The molecule has 0 bridgehead atoms. The number of aryl methyl sites for hydroxylation is 2.